The molecule has 4 aromatic rings. The molecule has 1 aliphatic rings. The lowest BCUT2D eigenvalue weighted by atomic mass is 10.1. The molecule has 1 fully saturated rings. The molecule has 172 valence electrons. The second-order valence-corrected chi connectivity index (χ2v) is 9.03. The van der Waals surface area contributed by atoms with Gasteiger partial charge in [0.05, 0.1) is 22.2 Å². The maximum absolute atomic E-state index is 13.4. The van der Waals surface area contributed by atoms with Gasteiger partial charge in [0.15, 0.2) is 0 Å². The maximum Gasteiger partial charge on any atom is 0.335 e. The first-order valence-electron chi connectivity index (χ1n) is 10.6. The Balaban J connectivity index is 1.57. The van der Waals surface area contributed by atoms with Crippen LogP contribution in [0.25, 0.3) is 26.5 Å². The topological polar surface area (TPSA) is 131 Å². The van der Waals surface area contributed by atoms with Crippen molar-refractivity contribution in [3.05, 3.63) is 79.1 Å². The smallest absolute Gasteiger partial charge is 0.311 e. The number of hydrogen-bond acceptors (Lipinski definition) is 7. The molecule has 0 radical (unpaired) electrons. The second kappa shape index (κ2) is 8.34. The number of nitro benzene ring substituents is 1. The number of carbonyl (C=O) groups is 1. The fraction of sp³-hybridized carbons (Fsp3) is 0.217. The molecule has 5 rings (SSSR count). The molecule has 0 saturated carbocycles. The van der Waals surface area contributed by atoms with Crippen molar-refractivity contribution < 1.29 is 9.72 Å². The number of aromatic nitrogens is 3. The highest BCUT2D eigenvalue weighted by Gasteiger charge is 2.21. The first-order chi connectivity index (χ1) is 16.3. The fourth-order valence-electron chi connectivity index (χ4n) is 4.18. The van der Waals surface area contributed by atoms with Crippen molar-refractivity contribution in [1.82, 2.24) is 14.5 Å². The predicted octanol–water partition coefficient (Wildman–Crippen LogP) is 3.54. The van der Waals surface area contributed by atoms with Gasteiger partial charge >= 0.3 is 5.69 Å². The zero-order valence-electron chi connectivity index (χ0n) is 18.1. The molecule has 1 N–H and O–H groups in total. The third-order valence-electron chi connectivity index (χ3n) is 5.92. The van der Waals surface area contributed by atoms with Gasteiger partial charge in [0.1, 0.15) is 10.6 Å². The van der Waals surface area contributed by atoms with Crippen LogP contribution < -0.4 is 16.1 Å². The number of pyridine rings is 1. The van der Waals surface area contributed by atoms with Crippen LogP contribution in [0.5, 0.6) is 0 Å². The molecule has 0 aliphatic carbocycles. The molecule has 1 aromatic carbocycles. The zero-order valence-corrected chi connectivity index (χ0v) is 18.9. The molecule has 0 unspecified atom stereocenters. The third kappa shape index (κ3) is 3.59. The first kappa shape index (κ1) is 21.7. The number of aryl methyl sites for hydroxylation is 1. The SMILES string of the molecule is Cc1c(-c2ccc([N+](=O)[O-])cc2)sc2[nH]c(=O)n(-c3ccc(N4CCCCC4=O)cn3)c(=O)c12. The van der Waals surface area contributed by atoms with Gasteiger partial charge in [-0.2, -0.15) is 0 Å². The van der Waals surface area contributed by atoms with E-state index in [1.165, 1.54) is 29.7 Å². The molecule has 10 nitrogen and oxygen atoms in total. The van der Waals surface area contributed by atoms with Crippen LogP contribution in [0.3, 0.4) is 0 Å². The van der Waals surface area contributed by atoms with Crippen molar-refractivity contribution in [3.63, 3.8) is 0 Å². The minimum Gasteiger partial charge on any atom is -0.311 e. The summed E-state index contributed by atoms with van der Waals surface area (Å²) in [6.07, 6.45) is 3.77. The monoisotopic (exact) mass is 477 g/mol. The number of anilines is 1. The summed E-state index contributed by atoms with van der Waals surface area (Å²) in [5, 5.41) is 11.3. The zero-order chi connectivity index (χ0) is 24.0. The normalized spacial score (nSPS) is 14.0. The number of hydrogen-bond donors (Lipinski definition) is 1. The largest absolute Gasteiger partial charge is 0.335 e. The Morgan fingerprint density at radius 2 is 1.85 bits per heavy atom. The number of rotatable bonds is 4. The van der Waals surface area contributed by atoms with Crippen molar-refractivity contribution in [2.24, 2.45) is 0 Å². The van der Waals surface area contributed by atoms with Gasteiger partial charge in [-0.15, -0.1) is 11.3 Å². The molecular weight excluding hydrogens is 458 g/mol. The number of carbonyl (C=O) groups excluding carboxylic acids is 1. The summed E-state index contributed by atoms with van der Waals surface area (Å²) >= 11 is 1.24. The fourth-order valence-corrected chi connectivity index (χ4v) is 5.38. The molecule has 34 heavy (non-hydrogen) atoms. The van der Waals surface area contributed by atoms with E-state index in [0.717, 1.165) is 22.3 Å². The Bertz CT molecular complexity index is 1550. The summed E-state index contributed by atoms with van der Waals surface area (Å²) in [6, 6.07) is 9.28. The maximum atomic E-state index is 13.4. The van der Waals surface area contributed by atoms with Gasteiger partial charge in [-0.05, 0) is 55.2 Å². The number of aromatic amines is 1. The van der Waals surface area contributed by atoms with Gasteiger partial charge in [0, 0.05) is 30.0 Å². The average molecular weight is 478 g/mol. The molecule has 0 atom stereocenters. The minimum absolute atomic E-state index is 0.0287. The van der Waals surface area contributed by atoms with Crippen LogP contribution in [0.1, 0.15) is 24.8 Å². The molecule has 1 saturated heterocycles. The number of H-pyrrole nitrogens is 1. The van der Waals surface area contributed by atoms with Crippen LogP contribution >= 0.6 is 11.3 Å². The molecule has 1 aliphatic heterocycles. The van der Waals surface area contributed by atoms with Crippen molar-refractivity contribution in [1.29, 1.82) is 0 Å². The van der Waals surface area contributed by atoms with Gasteiger partial charge < -0.3 is 4.90 Å². The van der Waals surface area contributed by atoms with E-state index in [9.17, 15) is 24.5 Å². The minimum atomic E-state index is -0.622. The average Bonchev–Trinajstić information content (AvgIpc) is 3.16. The Kier molecular flexibility index (Phi) is 5.33. The quantitative estimate of drug-likeness (QED) is 0.353. The van der Waals surface area contributed by atoms with Gasteiger partial charge in [0.25, 0.3) is 11.2 Å². The van der Waals surface area contributed by atoms with Crippen molar-refractivity contribution in [2.45, 2.75) is 26.2 Å². The van der Waals surface area contributed by atoms with E-state index in [-0.39, 0.29) is 17.4 Å². The number of thiophene rings is 1. The number of non-ortho nitro benzene ring substituents is 1. The second-order valence-electron chi connectivity index (χ2n) is 8.01. The molecular formula is C23H19N5O5S. The lowest BCUT2D eigenvalue weighted by Gasteiger charge is -2.26. The highest BCUT2D eigenvalue weighted by molar-refractivity contribution is 7.22. The Morgan fingerprint density at radius 3 is 2.50 bits per heavy atom. The van der Waals surface area contributed by atoms with Crippen molar-refractivity contribution >= 4 is 38.8 Å². The summed E-state index contributed by atoms with van der Waals surface area (Å²) in [6.45, 7) is 2.39. The Hall–Kier alpha value is -4.12. The number of benzene rings is 1. The van der Waals surface area contributed by atoms with E-state index in [1.54, 1.807) is 36.1 Å². The number of nitrogens with one attached hydrogen (secondary N) is 1. The summed E-state index contributed by atoms with van der Waals surface area (Å²) in [5.41, 5.74) is 0.854. The lowest BCUT2D eigenvalue weighted by Crippen LogP contribution is -2.36. The number of piperidine rings is 1. The van der Waals surface area contributed by atoms with E-state index in [4.69, 9.17) is 0 Å². The molecule has 4 heterocycles. The Morgan fingerprint density at radius 1 is 1.09 bits per heavy atom. The molecule has 3 aromatic heterocycles. The van der Waals surface area contributed by atoms with E-state index in [1.807, 2.05) is 0 Å². The molecule has 1 amide bonds. The van der Waals surface area contributed by atoms with Gasteiger partial charge in [0.2, 0.25) is 5.91 Å². The summed E-state index contributed by atoms with van der Waals surface area (Å²) < 4.78 is 0.976. The highest BCUT2D eigenvalue weighted by Crippen LogP contribution is 2.36. The lowest BCUT2D eigenvalue weighted by molar-refractivity contribution is -0.384. The van der Waals surface area contributed by atoms with Crippen LogP contribution in [-0.4, -0.2) is 31.9 Å². The first-order valence-corrected chi connectivity index (χ1v) is 11.5. The Labute approximate surface area is 196 Å². The summed E-state index contributed by atoms with van der Waals surface area (Å²) in [5.74, 6) is 0.189. The summed E-state index contributed by atoms with van der Waals surface area (Å²) in [7, 11) is 0. The highest BCUT2D eigenvalue weighted by atomic mass is 32.1. The van der Waals surface area contributed by atoms with E-state index in [0.29, 0.717) is 40.0 Å². The molecule has 0 bridgehead atoms. The van der Waals surface area contributed by atoms with Crippen LogP contribution in [-0.2, 0) is 4.79 Å². The number of fused-ring (bicyclic) bond motifs is 1. The van der Waals surface area contributed by atoms with Crippen molar-refractivity contribution in [3.8, 4) is 16.3 Å². The number of nitrogens with zero attached hydrogens (tertiary/aromatic N) is 4. The van der Waals surface area contributed by atoms with E-state index >= 15 is 0 Å². The predicted molar refractivity (Wildman–Crippen MR) is 129 cm³/mol. The van der Waals surface area contributed by atoms with Crippen LogP contribution in [0.15, 0.2) is 52.2 Å². The van der Waals surface area contributed by atoms with E-state index < -0.39 is 16.2 Å². The molecule has 0 spiro atoms. The van der Waals surface area contributed by atoms with E-state index in [2.05, 4.69) is 9.97 Å². The number of nitro groups is 1. The van der Waals surface area contributed by atoms with Crippen LogP contribution in [0.4, 0.5) is 11.4 Å². The summed E-state index contributed by atoms with van der Waals surface area (Å²) in [4.78, 5) is 58.7. The molecule has 11 heteroatoms. The van der Waals surface area contributed by atoms with Crippen molar-refractivity contribution in [2.75, 3.05) is 11.4 Å². The van der Waals surface area contributed by atoms with Gasteiger partial charge in [-0.3, -0.25) is 24.7 Å². The number of amides is 1. The third-order valence-corrected chi connectivity index (χ3v) is 7.18. The van der Waals surface area contributed by atoms with Gasteiger partial charge in [-0.25, -0.2) is 14.3 Å². The van der Waals surface area contributed by atoms with Gasteiger partial charge in [-0.1, -0.05) is 0 Å². The van der Waals surface area contributed by atoms with Crippen LogP contribution in [0, 0.1) is 17.0 Å². The van der Waals surface area contributed by atoms with Crippen LogP contribution in [0.2, 0.25) is 0 Å². The standard InChI is InChI=1S/C23H19N5O5S/c1-13-19-21(34-20(13)14-5-7-15(8-6-14)28(32)33)25-23(31)27(22(19)30)17-10-9-16(12-24-17)26-11-3-2-4-18(26)29/h5-10,12H,2-4,11H2,1H3,(H,25,31).